The van der Waals surface area contributed by atoms with Crippen LogP contribution in [0, 0.1) is 13.8 Å². The molecule has 2 aromatic heterocycles. The number of methoxy groups -OCH3 is 1. The largest absolute Gasteiger partial charge is 0.496 e. The maximum absolute atomic E-state index is 12.6. The number of likely N-dealkylation sites (N-methyl/N-ethyl adjacent to an activating group) is 1. The molecule has 0 aliphatic rings. The summed E-state index contributed by atoms with van der Waals surface area (Å²) in [5.74, 6) is 0.550. The van der Waals surface area contributed by atoms with Gasteiger partial charge in [0.2, 0.25) is 5.91 Å². The number of aromatic nitrogens is 3. The molecule has 0 saturated carbocycles. The van der Waals surface area contributed by atoms with Crippen molar-refractivity contribution in [2.45, 2.75) is 26.9 Å². The molecule has 3 aromatic rings. The van der Waals surface area contributed by atoms with E-state index in [1.54, 1.807) is 38.7 Å². The number of benzene rings is 1. The fraction of sp³-hybridized carbons (Fsp3) is 0.300. The summed E-state index contributed by atoms with van der Waals surface area (Å²) in [5, 5.41) is 5.41. The van der Waals surface area contributed by atoms with Crippen LogP contribution in [0.4, 0.5) is 0 Å². The Morgan fingerprint density at radius 1 is 1.22 bits per heavy atom. The molecule has 7 heteroatoms. The van der Waals surface area contributed by atoms with E-state index in [-0.39, 0.29) is 18.0 Å². The highest BCUT2D eigenvalue weighted by Gasteiger charge is 2.16. The van der Waals surface area contributed by atoms with E-state index in [1.165, 1.54) is 9.58 Å². The molecule has 0 N–H and O–H groups in total. The topological polar surface area (TPSA) is 77.3 Å². The zero-order valence-electron chi connectivity index (χ0n) is 15.9. The summed E-state index contributed by atoms with van der Waals surface area (Å²) >= 11 is 0. The molecule has 140 valence electrons. The van der Waals surface area contributed by atoms with Crippen molar-refractivity contribution in [3.63, 3.8) is 0 Å². The summed E-state index contributed by atoms with van der Waals surface area (Å²) in [6.07, 6.45) is 3.33. The van der Waals surface area contributed by atoms with E-state index in [9.17, 15) is 9.59 Å². The van der Waals surface area contributed by atoms with Crippen molar-refractivity contribution in [3.8, 4) is 5.75 Å². The molecule has 2 heterocycles. The molecular weight excluding hydrogens is 344 g/mol. The molecule has 0 saturated heterocycles. The second-order valence-corrected chi connectivity index (χ2v) is 6.49. The number of carbonyl (C=O) groups excluding carboxylic acids is 1. The van der Waals surface area contributed by atoms with E-state index < -0.39 is 0 Å². The number of ether oxygens (including phenoxy) is 1. The number of rotatable bonds is 5. The third-order valence-corrected chi connectivity index (χ3v) is 4.61. The summed E-state index contributed by atoms with van der Waals surface area (Å²) in [7, 11) is 3.30. The highest BCUT2D eigenvalue weighted by Crippen LogP contribution is 2.24. The minimum absolute atomic E-state index is 0.123. The zero-order chi connectivity index (χ0) is 19.6. The normalized spacial score (nSPS) is 10.8. The average molecular weight is 366 g/mol. The van der Waals surface area contributed by atoms with Crippen LogP contribution in [0.5, 0.6) is 5.75 Å². The second kappa shape index (κ2) is 7.57. The van der Waals surface area contributed by atoms with Gasteiger partial charge in [-0.3, -0.25) is 14.6 Å². The SMILES string of the molecule is COc1c(C)cnc(CN(C)C(=O)Cn2ncc3ccccc3c2=O)c1C. The quantitative estimate of drug-likeness (QED) is 0.691. The number of carbonyl (C=O) groups is 1. The van der Waals surface area contributed by atoms with E-state index in [4.69, 9.17) is 4.74 Å². The highest BCUT2D eigenvalue weighted by molar-refractivity contribution is 5.81. The van der Waals surface area contributed by atoms with Gasteiger partial charge in [-0.2, -0.15) is 5.10 Å². The van der Waals surface area contributed by atoms with Gasteiger partial charge >= 0.3 is 0 Å². The molecule has 0 aliphatic heterocycles. The molecule has 1 aromatic carbocycles. The molecule has 0 spiro atoms. The maximum Gasteiger partial charge on any atom is 0.275 e. The molecule has 0 radical (unpaired) electrons. The van der Waals surface area contributed by atoms with Crippen molar-refractivity contribution in [1.82, 2.24) is 19.7 Å². The molecule has 27 heavy (non-hydrogen) atoms. The van der Waals surface area contributed by atoms with Crippen molar-refractivity contribution in [3.05, 3.63) is 63.8 Å². The van der Waals surface area contributed by atoms with Crippen LogP contribution in [-0.4, -0.2) is 39.7 Å². The van der Waals surface area contributed by atoms with E-state index in [0.717, 1.165) is 28.0 Å². The molecule has 0 unspecified atom stereocenters. The molecule has 0 atom stereocenters. The van der Waals surface area contributed by atoms with Gasteiger partial charge in [0.1, 0.15) is 12.3 Å². The second-order valence-electron chi connectivity index (χ2n) is 6.49. The Morgan fingerprint density at radius 3 is 2.70 bits per heavy atom. The standard InChI is InChI=1S/C20H22N4O3/c1-13-9-21-17(14(2)19(13)27-4)11-23(3)18(25)12-24-20(26)16-8-6-5-7-15(16)10-22-24/h5-10H,11-12H2,1-4H3. The van der Waals surface area contributed by atoms with Gasteiger partial charge < -0.3 is 9.64 Å². The van der Waals surface area contributed by atoms with Crippen molar-refractivity contribution in [2.24, 2.45) is 0 Å². The van der Waals surface area contributed by atoms with Crippen LogP contribution in [0.15, 0.2) is 41.5 Å². The summed E-state index contributed by atoms with van der Waals surface area (Å²) < 4.78 is 6.60. The highest BCUT2D eigenvalue weighted by atomic mass is 16.5. The Balaban J connectivity index is 1.79. The number of hydrogen-bond acceptors (Lipinski definition) is 5. The van der Waals surface area contributed by atoms with Gasteiger partial charge in [0.15, 0.2) is 0 Å². The van der Waals surface area contributed by atoms with Crippen LogP contribution in [-0.2, 0) is 17.9 Å². The maximum atomic E-state index is 12.6. The molecule has 3 rings (SSSR count). The van der Waals surface area contributed by atoms with Gasteiger partial charge in [-0.25, -0.2) is 4.68 Å². The minimum Gasteiger partial charge on any atom is -0.496 e. The van der Waals surface area contributed by atoms with Crippen LogP contribution in [0.1, 0.15) is 16.8 Å². The van der Waals surface area contributed by atoms with Gasteiger partial charge in [-0.1, -0.05) is 18.2 Å². The van der Waals surface area contributed by atoms with Crippen molar-refractivity contribution in [1.29, 1.82) is 0 Å². The molecule has 7 nitrogen and oxygen atoms in total. The smallest absolute Gasteiger partial charge is 0.275 e. The summed E-state index contributed by atoms with van der Waals surface area (Å²) in [5.41, 5.74) is 2.33. The van der Waals surface area contributed by atoms with Gasteiger partial charge in [-0.05, 0) is 19.9 Å². The van der Waals surface area contributed by atoms with Gasteiger partial charge in [0.05, 0.1) is 30.9 Å². The Hall–Kier alpha value is -3.22. The summed E-state index contributed by atoms with van der Waals surface area (Å²) in [4.78, 5) is 31.1. The van der Waals surface area contributed by atoms with Crippen LogP contribution in [0.3, 0.4) is 0 Å². The number of fused-ring (bicyclic) bond motifs is 1. The first-order valence-corrected chi connectivity index (χ1v) is 8.60. The van der Waals surface area contributed by atoms with Crippen LogP contribution < -0.4 is 10.3 Å². The summed E-state index contributed by atoms with van der Waals surface area (Å²) in [6, 6.07) is 7.19. The predicted molar refractivity (Wildman–Crippen MR) is 103 cm³/mol. The third kappa shape index (κ3) is 3.67. The van der Waals surface area contributed by atoms with Gasteiger partial charge in [0, 0.05) is 29.8 Å². The molecule has 0 fully saturated rings. The predicted octanol–water partition coefficient (Wildman–Crippen LogP) is 2.08. The number of pyridine rings is 1. The number of amides is 1. The lowest BCUT2D eigenvalue weighted by atomic mass is 10.1. The Kier molecular flexibility index (Phi) is 5.21. The number of hydrogen-bond donors (Lipinski definition) is 0. The Bertz CT molecular complexity index is 1060. The van der Waals surface area contributed by atoms with E-state index >= 15 is 0 Å². The molecule has 0 bridgehead atoms. The van der Waals surface area contributed by atoms with Crippen LogP contribution in [0.25, 0.3) is 10.8 Å². The fourth-order valence-electron chi connectivity index (χ4n) is 3.03. The van der Waals surface area contributed by atoms with Crippen molar-refractivity contribution in [2.75, 3.05) is 14.2 Å². The van der Waals surface area contributed by atoms with E-state index in [2.05, 4.69) is 10.1 Å². The van der Waals surface area contributed by atoms with Crippen LogP contribution >= 0.6 is 0 Å². The third-order valence-electron chi connectivity index (χ3n) is 4.61. The zero-order valence-corrected chi connectivity index (χ0v) is 15.9. The van der Waals surface area contributed by atoms with Crippen molar-refractivity contribution >= 4 is 16.7 Å². The number of nitrogens with zero attached hydrogens (tertiary/aromatic N) is 4. The first-order chi connectivity index (χ1) is 12.9. The molecule has 0 aliphatic carbocycles. The van der Waals surface area contributed by atoms with Crippen LogP contribution in [0.2, 0.25) is 0 Å². The first-order valence-electron chi connectivity index (χ1n) is 8.60. The first kappa shape index (κ1) is 18.6. The van der Waals surface area contributed by atoms with E-state index in [1.807, 2.05) is 26.0 Å². The van der Waals surface area contributed by atoms with Gasteiger partial charge in [0.25, 0.3) is 5.56 Å². The molecular formula is C20H22N4O3. The Labute approximate surface area is 157 Å². The lowest BCUT2D eigenvalue weighted by Gasteiger charge is -2.19. The lowest BCUT2D eigenvalue weighted by Crippen LogP contribution is -2.35. The fourth-order valence-corrected chi connectivity index (χ4v) is 3.03. The van der Waals surface area contributed by atoms with Gasteiger partial charge in [-0.15, -0.1) is 0 Å². The minimum atomic E-state index is -0.277. The molecule has 1 amide bonds. The lowest BCUT2D eigenvalue weighted by molar-refractivity contribution is -0.131. The van der Waals surface area contributed by atoms with Crippen molar-refractivity contribution < 1.29 is 9.53 Å². The average Bonchev–Trinajstić information content (AvgIpc) is 2.66. The van der Waals surface area contributed by atoms with E-state index in [0.29, 0.717) is 11.9 Å². The number of aryl methyl sites for hydroxylation is 1. The summed E-state index contributed by atoms with van der Waals surface area (Å²) in [6.45, 7) is 4.04. The monoisotopic (exact) mass is 366 g/mol. The Morgan fingerprint density at radius 2 is 1.96 bits per heavy atom.